The Hall–Kier alpha value is -0.480. The van der Waals surface area contributed by atoms with Crippen molar-refractivity contribution in [1.29, 1.82) is 0 Å². The molecule has 0 saturated carbocycles. The first-order valence-corrected chi connectivity index (χ1v) is 6.59. The molecule has 0 amide bonds. The lowest BCUT2D eigenvalue weighted by Gasteiger charge is -2.26. The molecule has 0 aromatic heterocycles. The van der Waals surface area contributed by atoms with E-state index in [1.807, 2.05) is 0 Å². The molecule has 0 bridgehead atoms. The van der Waals surface area contributed by atoms with E-state index in [2.05, 4.69) is 38.0 Å². The molecule has 0 fully saturated rings. The average Bonchev–Trinajstić information content (AvgIpc) is 2.25. The summed E-state index contributed by atoms with van der Waals surface area (Å²) in [6, 6.07) is 0. The van der Waals surface area contributed by atoms with Crippen molar-refractivity contribution in [3.63, 3.8) is 0 Å². The van der Waals surface area contributed by atoms with Crippen LogP contribution >= 0.6 is 24.4 Å². The second-order valence-corrected chi connectivity index (χ2v) is 5.33. The maximum absolute atomic E-state index is 5.29. The highest BCUT2D eigenvalue weighted by molar-refractivity contribution is 7.74. The van der Waals surface area contributed by atoms with Crippen LogP contribution in [0.4, 0.5) is 11.4 Å². The van der Waals surface area contributed by atoms with E-state index in [0.717, 1.165) is 33.5 Å². The first kappa shape index (κ1) is 13.6. The summed E-state index contributed by atoms with van der Waals surface area (Å²) in [5.74, 6) is 0.714. The molecule has 1 aromatic rings. The van der Waals surface area contributed by atoms with Crippen molar-refractivity contribution < 1.29 is 0 Å². The third-order valence-corrected chi connectivity index (χ3v) is 3.60. The van der Waals surface area contributed by atoms with Gasteiger partial charge in [0, 0.05) is 20.1 Å². The van der Waals surface area contributed by atoms with Crippen molar-refractivity contribution >= 4 is 35.8 Å². The summed E-state index contributed by atoms with van der Waals surface area (Å²) in [4.78, 5) is 2.22. The minimum absolute atomic E-state index is 0.714. The summed E-state index contributed by atoms with van der Waals surface area (Å²) in [5.41, 5.74) is 2.19. The van der Waals surface area contributed by atoms with Gasteiger partial charge >= 0.3 is 0 Å². The summed E-state index contributed by atoms with van der Waals surface area (Å²) >= 11 is 10.5. The van der Waals surface area contributed by atoms with Crippen LogP contribution in [-0.4, -0.2) is 20.1 Å². The molecule has 0 heterocycles. The van der Waals surface area contributed by atoms with E-state index in [-0.39, 0.29) is 0 Å². The van der Waals surface area contributed by atoms with Gasteiger partial charge in [-0.1, -0.05) is 38.3 Å². The summed E-state index contributed by atoms with van der Waals surface area (Å²) in [6.07, 6.45) is 1.18. The zero-order valence-corrected chi connectivity index (χ0v) is 12.1. The Morgan fingerprint density at radius 3 is 2.38 bits per heavy atom. The fraction of sp³-hybridized carbons (Fsp3) is 0.667. The molecule has 0 unspecified atom stereocenters. The van der Waals surface area contributed by atoms with E-state index in [1.165, 1.54) is 6.42 Å². The van der Waals surface area contributed by atoms with E-state index < -0.39 is 0 Å². The van der Waals surface area contributed by atoms with E-state index in [1.54, 1.807) is 0 Å². The third kappa shape index (κ3) is 2.80. The first-order valence-electron chi connectivity index (χ1n) is 5.77. The normalized spacial score (nSPS) is 11.1. The smallest absolute Gasteiger partial charge is 0.0834 e. The van der Waals surface area contributed by atoms with Crippen molar-refractivity contribution in [2.75, 3.05) is 30.4 Å². The molecule has 0 radical (unpaired) electrons. The molecule has 0 atom stereocenters. The Bertz CT molecular complexity index is 417. The first-order chi connectivity index (χ1) is 7.49. The van der Waals surface area contributed by atoms with Gasteiger partial charge < -0.3 is 10.2 Å². The Balaban J connectivity index is 2.76. The fourth-order valence-electron chi connectivity index (χ4n) is 1.65. The fourth-order valence-corrected chi connectivity index (χ4v) is 2.27. The number of hydrogen-bond donors (Lipinski definition) is 1. The number of nitrogens with one attached hydrogen (secondary N) is 1. The second-order valence-electron chi connectivity index (χ2n) is 4.52. The molecule has 16 heavy (non-hydrogen) atoms. The molecule has 0 aliphatic rings. The lowest BCUT2D eigenvalue weighted by atomic mass is 10.1. The van der Waals surface area contributed by atoms with Crippen molar-refractivity contribution in [3.05, 3.63) is 9.02 Å². The molecule has 0 aliphatic carbocycles. The summed E-state index contributed by atoms with van der Waals surface area (Å²) in [7, 11) is 2.09. The van der Waals surface area contributed by atoms with Crippen LogP contribution < -0.4 is 10.2 Å². The van der Waals surface area contributed by atoms with E-state index >= 15 is 0 Å². The van der Waals surface area contributed by atoms with Gasteiger partial charge in [0.15, 0.2) is 0 Å². The van der Waals surface area contributed by atoms with Gasteiger partial charge in [-0.2, -0.15) is 0 Å². The van der Waals surface area contributed by atoms with Crippen LogP contribution in [-0.2, 0) is 0 Å². The van der Waals surface area contributed by atoms with Crippen molar-refractivity contribution in [2.45, 2.75) is 27.2 Å². The highest BCUT2D eigenvalue weighted by atomic mass is 32.1. The minimum atomic E-state index is 0.714. The zero-order chi connectivity index (χ0) is 12.3. The van der Waals surface area contributed by atoms with E-state index in [9.17, 15) is 0 Å². The van der Waals surface area contributed by atoms with Crippen LogP contribution in [0.25, 0.3) is 0 Å². The number of hydrogen-bond acceptors (Lipinski definition) is 4. The molecule has 4 heteroatoms. The van der Waals surface area contributed by atoms with Gasteiger partial charge in [-0.3, -0.25) is 0 Å². The summed E-state index contributed by atoms with van der Waals surface area (Å²) in [5, 5.41) is 3.29. The van der Waals surface area contributed by atoms with Gasteiger partial charge in [0.05, 0.1) is 20.4 Å². The SMILES string of the molecule is CCNc1c(N(C)CCC(C)C)c(=S)c1=S. The maximum atomic E-state index is 5.29. The highest BCUT2D eigenvalue weighted by Crippen LogP contribution is 2.35. The number of rotatable bonds is 6. The van der Waals surface area contributed by atoms with Gasteiger partial charge in [0.25, 0.3) is 0 Å². The van der Waals surface area contributed by atoms with Crippen molar-refractivity contribution in [3.8, 4) is 0 Å². The molecule has 0 aliphatic heterocycles. The van der Waals surface area contributed by atoms with E-state index in [4.69, 9.17) is 24.4 Å². The van der Waals surface area contributed by atoms with Crippen LogP contribution in [0.15, 0.2) is 0 Å². The third-order valence-electron chi connectivity index (χ3n) is 2.66. The van der Waals surface area contributed by atoms with Crippen molar-refractivity contribution in [2.24, 2.45) is 5.92 Å². The van der Waals surface area contributed by atoms with Gasteiger partial charge in [0.1, 0.15) is 0 Å². The molecule has 1 rings (SSSR count). The molecule has 1 N–H and O–H groups in total. The topological polar surface area (TPSA) is 15.3 Å². The lowest BCUT2D eigenvalue weighted by molar-refractivity contribution is 0.585. The Morgan fingerprint density at radius 2 is 1.88 bits per heavy atom. The maximum Gasteiger partial charge on any atom is 0.0834 e. The highest BCUT2D eigenvalue weighted by Gasteiger charge is 2.17. The number of anilines is 2. The van der Waals surface area contributed by atoms with Gasteiger partial charge in [-0.05, 0) is 19.3 Å². The number of nitrogens with zero attached hydrogens (tertiary/aromatic N) is 1. The Labute approximate surface area is 108 Å². The van der Waals surface area contributed by atoms with Crippen molar-refractivity contribution in [1.82, 2.24) is 0 Å². The molecular formula is C12H20N2S2. The standard InChI is InChI=1S/C12H20N2S2/c1-5-13-9-10(12(16)11(9)15)14(4)7-6-8(2)3/h8,13H,5-7H2,1-4H3. The molecule has 1 aromatic carbocycles. The molecule has 0 saturated heterocycles. The molecule has 90 valence electrons. The lowest BCUT2D eigenvalue weighted by Crippen LogP contribution is -2.23. The molecule has 2 nitrogen and oxygen atoms in total. The predicted molar refractivity (Wildman–Crippen MR) is 77.4 cm³/mol. The van der Waals surface area contributed by atoms with Gasteiger partial charge in [-0.25, -0.2) is 0 Å². The molecular weight excluding hydrogens is 236 g/mol. The minimum Gasteiger partial charge on any atom is -0.382 e. The Morgan fingerprint density at radius 1 is 1.25 bits per heavy atom. The van der Waals surface area contributed by atoms with Gasteiger partial charge in [-0.15, -0.1) is 0 Å². The summed E-state index contributed by atoms with van der Waals surface area (Å²) < 4.78 is 1.67. The van der Waals surface area contributed by atoms with Crippen LogP contribution in [0, 0.1) is 14.9 Å². The van der Waals surface area contributed by atoms with Crippen LogP contribution in [0.1, 0.15) is 27.2 Å². The quantitative estimate of drug-likeness (QED) is 0.775. The van der Waals surface area contributed by atoms with Crippen LogP contribution in [0.3, 0.4) is 0 Å². The Kier molecular flexibility index (Phi) is 4.87. The summed E-state index contributed by atoms with van der Waals surface area (Å²) in [6.45, 7) is 8.46. The monoisotopic (exact) mass is 256 g/mol. The van der Waals surface area contributed by atoms with Gasteiger partial charge in [0.2, 0.25) is 0 Å². The second kappa shape index (κ2) is 5.73. The van der Waals surface area contributed by atoms with Crippen LogP contribution in [0.5, 0.6) is 0 Å². The average molecular weight is 256 g/mol. The zero-order valence-electron chi connectivity index (χ0n) is 10.5. The predicted octanol–water partition coefficient (Wildman–Crippen LogP) is 3.94. The van der Waals surface area contributed by atoms with Crippen LogP contribution in [0.2, 0.25) is 0 Å². The molecule has 0 spiro atoms. The van der Waals surface area contributed by atoms with E-state index in [0.29, 0.717) is 5.92 Å². The largest absolute Gasteiger partial charge is 0.382 e.